The monoisotopic (exact) mass is 390 g/mol. The second-order valence-corrected chi connectivity index (χ2v) is 5.77. The van der Waals surface area contributed by atoms with E-state index in [2.05, 4.69) is 20.8 Å². The Morgan fingerprint density at radius 3 is 2.41 bits per heavy atom. The molecule has 0 bridgehead atoms. The highest BCUT2D eigenvalue weighted by molar-refractivity contribution is 6.32. The molecular weight excluding hydrogens is 378 g/mol. The zero-order valence-electron chi connectivity index (χ0n) is 14.0. The summed E-state index contributed by atoms with van der Waals surface area (Å²) in [4.78, 5) is 12.2. The van der Waals surface area contributed by atoms with Gasteiger partial charge in [0.15, 0.2) is 23.1 Å². The summed E-state index contributed by atoms with van der Waals surface area (Å²) >= 11 is 6.01. The topological polar surface area (TPSA) is 76.1 Å². The fourth-order valence-corrected chi connectivity index (χ4v) is 2.44. The molecule has 0 aliphatic carbocycles. The van der Waals surface area contributed by atoms with E-state index in [1.54, 1.807) is 18.2 Å². The van der Waals surface area contributed by atoms with Crippen molar-refractivity contribution in [1.82, 2.24) is 10.2 Å². The number of ether oxygens (including phenoxy) is 1. The summed E-state index contributed by atoms with van der Waals surface area (Å²) < 4.78 is 31.2. The molecule has 0 atom stereocenters. The lowest BCUT2D eigenvalue weighted by Gasteiger charge is -2.08. The number of carbonyl (C=O) groups is 1. The smallest absolute Gasteiger partial charge is 0.276 e. The number of hydrogen-bond donors (Lipinski definition) is 2. The van der Waals surface area contributed by atoms with Gasteiger partial charge in [-0.2, -0.15) is 0 Å². The molecule has 1 amide bonds. The lowest BCUT2D eigenvalue weighted by molar-refractivity contribution is 0.102. The number of rotatable bonds is 5. The molecule has 0 aliphatic heterocycles. The molecule has 6 nitrogen and oxygen atoms in total. The second-order valence-electron chi connectivity index (χ2n) is 5.36. The SMILES string of the molecule is COc1ccc(NC(=O)c2ccc(Nc3ccc(F)c(F)c3)nn2)cc1Cl. The van der Waals surface area contributed by atoms with Crippen LogP contribution >= 0.6 is 11.6 Å². The molecule has 0 unspecified atom stereocenters. The first-order chi connectivity index (χ1) is 13.0. The first-order valence-electron chi connectivity index (χ1n) is 7.67. The predicted octanol–water partition coefficient (Wildman–Crippen LogP) is 4.41. The number of aromatic nitrogens is 2. The van der Waals surface area contributed by atoms with Gasteiger partial charge in [-0.1, -0.05) is 11.6 Å². The average Bonchev–Trinajstić information content (AvgIpc) is 2.65. The van der Waals surface area contributed by atoms with Crippen LogP contribution in [0.15, 0.2) is 48.5 Å². The van der Waals surface area contributed by atoms with Crippen LogP contribution < -0.4 is 15.4 Å². The van der Waals surface area contributed by atoms with Crippen molar-refractivity contribution in [2.75, 3.05) is 17.7 Å². The quantitative estimate of drug-likeness (QED) is 0.674. The summed E-state index contributed by atoms with van der Waals surface area (Å²) in [5.41, 5.74) is 0.836. The molecule has 1 aromatic heterocycles. The van der Waals surface area contributed by atoms with Gasteiger partial charge in [0.1, 0.15) is 5.75 Å². The molecule has 0 aliphatic rings. The molecule has 0 saturated heterocycles. The summed E-state index contributed by atoms with van der Waals surface area (Å²) in [6, 6.07) is 11.1. The van der Waals surface area contributed by atoms with Gasteiger partial charge in [-0.05, 0) is 42.5 Å². The van der Waals surface area contributed by atoms with E-state index in [4.69, 9.17) is 16.3 Å². The van der Waals surface area contributed by atoms with Crippen molar-refractivity contribution in [2.45, 2.75) is 0 Å². The molecule has 1 heterocycles. The van der Waals surface area contributed by atoms with Crippen molar-refractivity contribution in [1.29, 1.82) is 0 Å². The molecular formula is C18H13ClF2N4O2. The van der Waals surface area contributed by atoms with Crippen molar-refractivity contribution in [3.05, 3.63) is 70.9 Å². The maximum atomic E-state index is 13.2. The Kier molecular flexibility index (Phi) is 5.46. The maximum Gasteiger partial charge on any atom is 0.276 e. The van der Waals surface area contributed by atoms with Crippen LogP contribution in [0, 0.1) is 11.6 Å². The van der Waals surface area contributed by atoms with Crippen LogP contribution in [0.3, 0.4) is 0 Å². The Morgan fingerprint density at radius 1 is 1.00 bits per heavy atom. The van der Waals surface area contributed by atoms with Gasteiger partial charge in [0, 0.05) is 17.4 Å². The zero-order valence-corrected chi connectivity index (χ0v) is 14.7. The summed E-state index contributed by atoms with van der Waals surface area (Å²) in [5.74, 6) is -1.66. The van der Waals surface area contributed by atoms with Gasteiger partial charge in [-0.25, -0.2) is 8.78 Å². The van der Waals surface area contributed by atoms with Crippen molar-refractivity contribution >= 4 is 34.7 Å². The highest BCUT2D eigenvalue weighted by Crippen LogP contribution is 2.27. The number of benzene rings is 2. The van der Waals surface area contributed by atoms with Gasteiger partial charge in [0.2, 0.25) is 0 Å². The van der Waals surface area contributed by atoms with Crippen LogP contribution in [0.1, 0.15) is 10.5 Å². The molecule has 0 saturated carbocycles. The molecule has 2 N–H and O–H groups in total. The summed E-state index contributed by atoms with van der Waals surface area (Å²) in [6.07, 6.45) is 0. The Bertz CT molecular complexity index is 984. The maximum absolute atomic E-state index is 13.2. The van der Waals surface area contributed by atoms with E-state index in [9.17, 15) is 13.6 Å². The highest BCUT2D eigenvalue weighted by Gasteiger charge is 2.11. The van der Waals surface area contributed by atoms with Crippen molar-refractivity contribution in [2.24, 2.45) is 0 Å². The van der Waals surface area contributed by atoms with Crippen LogP contribution in [0.5, 0.6) is 5.75 Å². The molecule has 0 fully saturated rings. The van der Waals surface area contributed by atoms with Crippen LogP contribution in [-0.2, 0) is 0 Å². The summed E-state index contributed by atoms with van der Waals surface area (Å²) in [6.45, 7) is 0. The van der Waals surface area contributed by atoms with Crippen LogP contribution in [0.2, 0.25) is 5.02 Å². The van der Waals surface area contributed by atoms with Crippen LogP contribution in [-0.4, -0.2) is 23.2 Å². The van der Waals surface area contributed by atoms with E-state index in [1.807, 2.05) is 0 Å². The minimum Gasteiger partial charge on any atom is -0.495 e. The van der Waals surface area contributed by atoms with E-state index in [-0.39, 0.29) is 11.5 Å². The third kappa shape index (κ3) is 4.48. The standard InChI is InChI=1S/C18H13ClF2N4O2/c1-27-16-6-3-10(8-12(16)19)23-18(26)15-5-7-17(25-24-15)22-11-2-4-13(20)14(21)9-11/h2-9H,1H3,(H,22,25)(H,23,26). The molecule has 27 heavy (non-hydrogen) atoms. The van der Waals surface area contributed by atoms with Gasteiger partial charge in [0.25, 0.3) is 5.91 Å². The number of hydrogen-bond acceptors (Lipinski definition) is 5. The fraction of sp³-hybridized carbons (Fsp3) is 0.0556. The lowest BCUT2D eigenvalue weighted by Crippen LogP contribution is -2.14. The van der Waals surface area contributed by atoms with Crippen molar-refractivity contribution in [3.8, 4) is 5.75 Å². The molecule has 9 heteroatoms. The van der Waals surface area contributed by atoms with Crippen LogP contribution in [0.4, 0.5) is 26.0 Å². The number of methoxy groups -OCH3 is 1. The van der Waals surface area contributed by atoms with Gasteiger partial charge >= 0.3 is 0 Å². The zero-order chi connectivity index (χ0) is 19.4. The number of amides is 1. The van der Waals surface area contributed by atoms with Gasteiger partial charge in [-0.15, -0.1) is 10.2 Å². The minimum absolute atomic E-state index is 0.0674. The third-order valence-corrected chi connectivity index (χ3v) is 3.79. The van der Waals surface area contributed by atoms with E-state index in [0.717, 1.165) is 12.1 Å². The Labute approximate surface area is 158 Å². The number of halogens is 3. The number of nitrogens with one attached hydrogen (secondary N) is 2. The van der Waals surface area contributed by atoms with Gasteiger partial charge in [0.05, 0.1) is 12.1 Å². The minimum atomic E-state index is -0.984. The lowest BCUT2D eigenvalue weighted by atomic mass is 10.2. The first-order valence-corrected chi connectivity index (χ1v) is 8.05. The average molecular weight is 391 g/mol. The first kappa shape index (κ1) is 18.5. The normalized spacial score (nSPS) is 10.4. The van der Waals surface area contributed by atoms with E-state index >= 15 is 0 Å². The van der Waals surface area contributed by atoms with Gasteiger partial charge in [-0.3, -0.25) is 4.79 Å². The number of carbonyl (C=O) groups excluding carboxylic acids is 1. The second kappa shape index (κ2) is 7.96. The third-order valence-electron chi connectivity index (χ3n) is 3.50. The largest absolute Gasteiger partial charge is 0.495 e. The molecule has 138 valence electrons. The molecule has 0 spiro atoms. The van der Waals surface area contributed by atoms with E-state index in [1.165, 1.54) is 25.3 Å². The van der Waals surface area contributed by atoms with Gasteiger partial charge < -0.3 is 15.4 Å². The summed E-state index contributed by atoms with van der Waals surface area (Å²) in [5, 5.41) is 13.4. The van der Waals surface area contributed by atoms with Crippen molar-refractivity contribution < 1.29 is 18.3 Å². The fourth-order valence-electron chi connectivity index (χ4n) is 2.18. The molecule has 3 aromatic rings. The predicted molar refractivity (Wildman–Crippen MR) is 97.6 cm³/mol. The van der Waals surface area contributed by atoms with Crippen molar-refractivity contribution in [3.63, 3.8) is 0 Å². The molecule has 3 rings (SSSR count). The Balaban J connectivity index is 1.68. The molecule has 2 aromatic carbocycles. The Hall–Kier alpha value is -3.26. The van der Waals surface area contributed by atoms with E-state index < -0.39 is 17.5 Å². The van der Waals surface area contributed by atoms with Crippen LogP contribution in [0.25, 0.3) is 0 Å². The molecule has 0 radical (unpaired) electrons. The van der Waals surface area contributed by atoms with E-state index in [0.29, 0.717) is 22.1 Å². The number of anilines is 3. The Morgan fingerprint density at radius 2 is 1.78 bits per heavy atom. The highest BCUT2D eigenvalue weighted by atomic mass is 35.5. The number of nitrogens with zero attached hydrogens (tertiary/aromatic N) is 2. The summed E-state index contributed by atoms with van der Waals surface area (Å²) in [7, 11) is 1.49.